The monoisotopic (exact) mass is 343 g/mol. The second-order valence-electron chi connectivity index (χ2n) is 6.52. The lowest BCUT2D eigenvalue weighted by atomic mass is 9.84. The molecule has 0 amide bonds. The minimum absolute atomic E-state index is 0.147. The first-order valence-corrected chi connectivity index (χ1v) is 8.28. The Hall–Kier alpha value is -2.56. The maximum atomic E-state index is 13.1. The smallest absolute Gasteiger partial charge is 0.191 e. The van der Waals surface area contributed by atoms with Gasteiger partial charge in [-0.05, 0) is 35.4 Å². The van der Waals surface area contributed by atoms with E-state index in [1.165, 1.54) is 12.1 Å². The molecule has 2 N–H and O–H groups in total. The summed E-state index contributed by atoms with van der Waals surface area (Å²) in [6.07, 6.45) is 0. The normalized spacial score (nSPS) is 12.0. The van der Waals surface area contributed by atoms with Crippen LogP contribution in [0, 0.1) is 5.82 Å². The number of hydrogen-bond acceptors (Lipinski definition) is 2. The van der Waals surface area contributed by atoms with E-state index in [2.05, 4.69) is 29.5 Å². The molecular weight excluding hydrogens is 317 g/mol. The topological polar surface area (TPSA) is 45.7 Å². The number of benzene rings is 2. The van der Waals surface area contributed by atoms with E-state index in [-0.39, 0.29) is 11.2 Å². The Kier molecular flexibility index (Phi) is 6.39. The summed E-state index contributed by atoms with van der Waals surface area (Å²) in [6, 6.07) is 14.5. The van der Waals surface area contributed by atoms with E-state index in [1.54, 1.807) is 14.2 Å². The average Bonchev–Trinajstić information content (AvgIpc) is 2.62. The molecule has 2 rings (SSSR count). The number of methoxy groups -OCH3 is 1. The molecule has 2 aromatic rings. The summed E-state index contributed by atoms with van der Waals surface area (Å²) in [7, 11) is 3.40. The first kappa shape index (κ1) is 18.8. The molecule has 0 fully saturated rings. The van der Waals surface area contributed by atoms with Gasteiger partial charge in [-0.1, -0.05) is 38.1 Å². The molecule has 4 nitrogen and oxygen atoms in total. The molecule has 0 atom stereocenters. The maximum Gasteiger partial charge on any atom is 0.191 e. The minimum Gasteiger partial charge on any atom is -0.497 e. The molecule has 134 valence electrons. The van der Waals surface area contributed by atoms with E-state index in [9.17, 15) is 4.39 Å². The zero-order valence-corrected chi connectivity index (χ0v) is 15.3. The van der Waals surface area contributed by atoms with E-state index in [0.717, 1.165) is 22.8 Å². The van der Waals surface area contributed by atoms with Gasteiger partial charge in [0, 0.05) is 25.6 Å². The summed E-state index contributed by atoms with van der Waals surface area (Å²) >= 11 is 0. The number of nitrogens with one attached hydrogen (secondary N) is 2. The fraction of sp³-hybridized carbons (Fsp3) is 0.350. The van der Waals surface area contributed by atoms with E-state index in [1.807, 2.05) is 36.4 Å². The zero-order valence-electron chi connectivity index (χ0n) is 15.3. The summed E-state index contributed by atoms with van der Waals surface area (Å²) in [4.78, 5) is 4.26. The second-order valence-corrected chi connectivity index (χ2v) is 6.52. The molecule has 0 aliphatic heterocycles. The van der Waals surface area contributed by atoms with E-state index in [4.69, 9.17) is 4.74 Å². The van der Waals surface area contributed by atoms with Crippen LogP contribution in [0.25, 0.3) is 0 Å². The largest absolute Gasteiger partial charge is 0.497 e. The van der Waals surface area contributed by atoms with Crippen molar-refractivity contribution in [2.45, 2.75) is 25.8 Å². The molecule has 0 saturated heterocycles. The highest BCUT2D eigenvalue weighted by Gasteiger charge is 2.20. The van der Waals surface area contributed by atoms with Crippen LogP contribution in [0.4, 0.5) is 4.39 Å². The number of guanidine groups is 1. The van der Waals surface area contributed by atoms with Gasteiger partial charge in [-0.3, -0.25) is 4.99 Å². The maximum absolute atomic E-state index is 13.1. The van der Waals surface area contributed by atoms with Gasteiger partial charge in [0.15, 0.2) is 5.96 Å². The Labute approximate surface area is 149 Å². The minimum atomic E-state index is -0.218. The SMILES string of the molecule is CN=C(NCc1ccc(OC)cc1)NCC(C)(C)c1ccc(F)cc1. The third kappa shape index (κ3) is 5.48. The molecule has 0 heterocycles. The fourth-order valence-corrected chi connectivity index (χ4v) is 2.46. The van der Waals surface area contributed by atoms with E-state index in [0.29, 0.717) is 13.1 Å². The van der Waals surface area contributed by atoms with Gasteiger partial charge in [0.25, 0.3) is 0 Å². The Bertz CT molecular complexity index is 694. The van der Waals surface area contributed by atoms with Crippen molar-refractivity contribution in [3.05, 3.63) is 65.5 Å². The van der Waals surface area contributed by atoms with Crippen molar-refractivity contribution in [3.8, 4) is 5.75 Å². The molecule has 2 aromatic carbocycles. The average molecular weight is 343 g/mol. The highest BCUT2D eigenvalue weighted by Crippen LogP contribution is 2.22. The number of ether oxygens (including phenoxy) is 1. The van der Waals surface area contributed by atoms with Gasteiger partial charge >= 0.3 is 0 Å². The lowest BCUT2D eigenvalue weighted by Gasteiger charge is -2.26. The van der Waals surface area contributed by atoms with Crippen LogP contribution in [0.2, 0.25) is 0 Å². The molecule has 0 aliphatic carbocycles. The van der Waals surface area contributed by atoms with Gasteiger partial charge in [0.1, 0.15) is 11.6 Å². The molecule has 0 unspecified atom stereocenters. The lowest BCUT2D eigenvalue weighted by molar-refractivity contribution is 0.414. The van der Waals surface area contributed by atoms with E-state index < -0.39 is 0 Å². The van der Waals surface area contributed by atoms with Gasteiger partial charge in [-0.2, -0.15) is 0 Å². The molecule has 25 heavy (non-hydrogen) atoms. The molecule has 0 aromatic heterocycles. The predicted octanol–water partition coefficient (Wildman–Crippen LogP) is 3.48. The van der Waals surface area contributed by atoms with Crippen LogP contribution in [-0.2, 0) is 12.0 Å². The van der Waals surface area contributed by atoms with Crippen molar-refractivity contribution in [2.24, 2.45) is 4.99 Å². The van der Waals surface area contributed by atoms with Crippen LogP contribution in [-0.4, -0.2) is 26.7 Å². The van der Waals surface area contributed by atoms with Gasteiger partial charge < -0.3 is 15.4 Å². The third-order valence-electron chi connectivity index (χ3n) is 4.17. The van der Waals surface area contributed by atoms with Crippen molar-refractivity contribution < 1.29 is 9.13 Å². The summed E-state index contributed by atoms with van der Waals surface area (Å²) in [5.74, 6) is 1.35. The summed E-state index contributed by atoms with van der Waals surface area (Å²) < 4.78 is 18.3. The van der Waals surface area contributed by atoms with Crippen LogP contribution in [0.3, 0.4) is 0 Å². The predicted molar refractivity (Wildman–Crippen MR) is 101 cm³/mol. The quantitative estimate of drug-likeness (QED) is 0.623. The van der Waals surface area contributed by atoms with Gasteiger partial charge in [-0.15, -0.1) is 0 Å². The third-order valence-corrected chi connectivity index (χ3v) is 4.17. The number of hydrogen-bond donors (Lipinski definition) is 2. The second kappa shape index (κ2) is 8.51. The summed E-state index contributed by atoms with van der Waals surface area (Å²) in [5.41, 5.74) is 2.07. The Balaban J connectivity index is 1.89. The zero-order chi connectivity index (χ0) is 18.3. The van der Waals surface area contributed by atoms with Crippen LogP contribution in [0.5, 0.6) is 5.75 Å². The van der Waals surface area contributed by atoms with Gasteiger partial charge in [-0.25, -0.2) is 4.39 Å². The summed E-state index contributed by atoms with van der Waals surface area (Å²) in [6.45, 7) is 5.58. The standard InChI is InChI=1S/C20H26FN3O/c1-20(2,16-7-9-17(21)10-8-16)14-24-19(22-3)23-13-15-5-11-18(25-4)12-6-15/h5-12H,13-14H2,1-4H3,(H2,22,23,24). The van der Waals surface area contributed by atoms with Crippen LogP contribution < -0.4 is 15.4 Å². The molecule has 0 bridgehead atoms. The lowest BCUT2D eigenvalue weighted by Crippen LogP contribution is -2.43. The van der Waals surface area contributed by atoms with Gasteiger partial charge in [0.05, 0.1) is 7.11 Å². The first-order valence-electron chi connectivity index (χ1n) is 8.28. The Morgan fingerprint density at radius 2 is 1.68 bits per heavy atom. The molecule has 0 spiro atoms. The van der Waals surface area contributed by atoms with Crippen LogP contribution >= 0.6 is 0 Å². The highest BCUT2D eigenvalue weighted by atomic mass is 19.1. The van der Waals surface area contributed by atoms with E-state index >= 15 is 0 Å². The molecule has 0 saturated carbocycles. The molecule has 0 radical (unpaired) electrons. The number of rotatable bonds is 6. The molecule has 5 heteroatoms. The van der Waals surface area contributed by atoms with Crippen molar-refractivity contribution in [1.82, 2.24) is 10.6 Å². The molecule has 0 aliphatic rings. The number of aliphatic imine (C=N–C) groups is 1. The number of nitrogens with zero attached hydrogens (tertiary/aromatic N) is 1. The number of halogens is 1. The Morgan fingerprint density at radius 1 is 1.04 bits per heavy atom. The van der Waals surface area contributed by atoms with Crippen LogP contribution in [0.15, 0.2) is 53.5 Å². The molecular formula is C20H26FN3O. The van der Waals surface area contributed by atoms with Crippen molar-refractivity contribution in [1.29, 1.82) is 0 Å². The fourth-order valence-electron chi connectivity index (χ4n) is 2.46. The summed E-state index contributed by atoms with van der Waals surface area (Å²) in [5, 5.41) is 6.63. The van der Waals surface area contributed by atoms with Crippen molar-refractivity contribution in [3.63, 3.8) is 0 Å². The van der Waals surface area contributed by atoms with Crippen LogP contribution in [0.1, 0.15) is 25.0 Å². The first-order chi connectivity index (χ1) is 11.9. The van der Waals surface area contributed by atoms with Crippen molar-refractivity contribution in [2.75, 3.05) is 20.7 Å². The van der Waals surface area contributed by atoms with Gasteiger partial charge in [0.2, 0.25) is 0 Å². The Morgan fingerprint density at radius 3 is 2.24 bits per heavy atom. The van der Waals surface area contributed by atoms with Crippen molar-refractivity contribution >= 4 is 5.96 Å². The highest BCUT2D eigenvalue weighted by molar-refractivity contribution is 5.79.